The molecule has 7 heteroatoms. The Labute approximate surface area is 153 Å². The number of aromatic carboxylic acids is 1. The van der Waals surface area contributed by atoms with Crippen LogP contribution in [0.3, 0.4) is 0 Å². The molecule has 0 fully saturated rings. The summed E-state index contributed by atoms with van der Waals surface area (Å²) in [6.07, 6.45) is 1.52. The van der Waals surface area contributed by atoms with E-state index in [2.05, 4.69) is 10.5 Å². The van der Waals surface area contributed by atoms with Crippen LogP contribution < -0.4 is 5.43 Å². The van der Waals surface area contributed by atoms with Crippen LogP contribution in [0.15, 0.2) is 64.1 Å². The first kappa shape index (κ1) is 17.1. The summed E-state index contributed by atoms with van der Waals surface area (Å²) in [4.78, 5) is 11.2. The van der Waals surface area contributed by atoms with Gasteiger partial charge in [-0.3, -0.25) is 5.43 Å². The van der Waals surface area contributed by atoms with Gasteiger partial charge < -0.3 is 9.52 Å². The minimum absolute atomic E-state index is 0.0233. The number of hydrogen-bond acceptors (Lipinski definition) is 4. The van der Waals surface area contributed by atoms with Gasteiger partial charge in [-0.2, -0.15) is 5.10 Å². The summed E-state index contributed by atoms with van der Waals surface area (Å²) in [6, 6.07) is 15.3. The van der Waals surface area contributed by atoms with Crippen LogP contribution in [0.2, 0.25) is 10.0 Å². The maximum atomic E-state index is 11.2. The fourth-order valence-corrected chi connectivity index (χ4v) is 2.44. The smallest absolute Gasteiger partial charge is 0.337 e. The third kappa shape index (κ3) is 4.21. The Balaban J connectivity index is 1.74. The van der Waals surface area contributed by atoms with Gasteiger partial charge >= 0.3 is 5.97 Å². The van der Waals surface area contributed by atoms with Crippen molar-refractivity contribution >= 4 is 41.1 Å². The van der Waals surface area contributed by atoms with Crippen molar-refractivity contribution in [2.24, 2.45) is 5.10 Å². The first-order chi connectivity index (χ1) is 12.0. The number of rotatable bonds is 5. The monoisotopic (exact) mass is 374 g/mol. The van der Waals surface area contributed by atoms with Gasteiger partial charge in [0.2, 0.25) is 0 Å². The molecule has 0 spiro atoms. The van der Waals surface area contributed by atoms with Gasteiger partial charge in [0.15, 0.2) is 0 Å². The average molecular weight is 375 g/mol. The first-order valence-electron chi connectivity index (χ1n) is 7.20. The van der Waals surface area contributed by atoms with Crippen molar-refractivity contribution in [3.8, 4) is 11.3 Å². The molecule has 0 aliphatic rings. The van der Waals surface area contributed by atoms with Crippen LogP contribution in [0.4, 0.5) is 5.69 Å². The van der Waals surface area contributed by atoms with E-state index in [4.69, 9.17) is 32.7 Å². The summed E-state index contributed by atoms with van der Waals surface area (Å²) in [5.41, 5.74) is 4.29. The summed E-state index contributed by atoms with van der Waals surface area (Å²) >= 11 is 11.7. The predicted octanol–water partition coefficient (Wildman–Crippen LogP) is 5.40. The van der Waals surface area contributed by atoms with E-state index in [9.17, 15) is 4.79 Å². The van der Waals surface area contributed by atoms with Crippen LogP contribution in [-0.2, 0) is 0 Å². The number of nitrogens with one attached hydrogen (secondary N) is 1. The molecule has 1 heterocycles. The number of hydrogen-bond donors (Lipinski definition) is 2. The number of carboxylic acid groups (broad SMARTS) is 1. The summed E-state index contributed by atoms with van der Waals surface area (Å²) in [5.74, 6) is -0.0530. The molecule has 25 heavy (non-hydrogen) atoms. The van der Waals surface area contributed by atoms with Crippen molar-refractivity contribution in [2.45, 2.75) is 0 Å². The molecule has 3 aromatic rings. The maximum absolute atomic E-state index is 11.2. The van der Waals surface area contributed by atoms with Crippen LogP contribution in [0.5, 0.6) is 0 Å². The highest BCUT2D eigenvalue weighted by Crippen LogP contribution is 2.26. The van der Waals surface area contributed by atoms with Gasteiger partial charge in [0.05, 0.1) is 22.5 Å². The van der Waals surface area contributed by atoms with Crippen LogP contribution >= 0.6 is 23.2 Å². The van der Waals surface area contributed by atoms with Gasteiger partial charge in [-0.25, -0.2) is 4.79 Å². The zero-order chi connectivity index (χ0) is 17.8. The highest BCUT2D eigenvalue weighted by atomic mass is 35.5. The van der Waals surface area contributed by atoms with Crippen LogP contribution in [0, 0.1) is 0 Å². The molecular weight excluding hydrogens is 363 g/mol. The second kappa shape index (κ2) is 7.42. The SMILES string of the molecule is O=C(O)c1cc(-c2ccc(C=NNc3ccc(Cl)cc3)o2)ccc1Cl. The van der Waals surface area contributed by atoms with Gasteiger partial charge in [0.25, 0.3) is 0 Å². The van der Waals surface area contributed by atoms with E-state index in [1.807, 2.05) is 0 Å². The van der Waals surface area contributed by atoms with Crippen LogP contribution in [0.25, 0.3) is 11.3 Å². The Morgan fingerprint density at radius 1 is 1.08 bits per heavy atom. The van der Waals surface area contributed by atoms with Crippen molar-refractivity contribution in [1.29, 1.82) is 0 Å². The Bertz CT molecular complexity index is 934. The zero-order valence-corrected chi connectivity index (χ0v) is 14.3. The fraction of sp³-hybridized carbons (Fsp3) is 0. The lowest BCUT2D eigenvalue weighted by atomic mass is 10.1. The number of nitrogens with zero attached hydrogens (tertiary/aromatic N) is 1. The summed E-state index contributed by atoms with van der Waals surface area (Å²) < 4.78 is 5.65. The molecule has 0 bridgehead atoms. The largest absolute Gasteiger partial charge is 0.478 e. The topological polar surface area (TPSA) is 74.8 Å². The van der Waals surface area contributed by atoms with E-state index in [1.165, 1.54) is 18.3 Å². The lowest BCUT2D eigenvalue weighted by Gasteiger charge is -2.02. The lowest BCUT2D eigenvalue weighted by molar-refractivity contribution is 0.0697. The third-order valence-electron chi connectivity index (χ3n) is 3.34. The molecule has 0 atom stereocenters. The van der Waals surface area contributed by atoms with Crippen molar-refractivity contribution in [1.82, 2.24) is 0 Å². The number of carboxylic acids is 1. The molecule has 0 radical (unpaired) electrons. The minimum Gasteiger partial charge on any atom is -0.478 e. The number of anilines is 1. The van der Waals surface area contributed by atoms with E-state index in [1.54, 1.807) is 42.5 Å². The molecule has 0 saturated carbocycles. The zero-order valence-electron chi connectivity index (χ0n) is 12.7. The highest BCUT2D eigenvalue weighted by Gasteiger charge is 2.12. The molecule has 1 aromatic heterocycles. The second-order valence-corrected chi connectivity index (χ2v) is 5.92. The first-order valence-corrected chi connectivity index (χ1v) is 7.96. The Hall–Kier alpha value is -2.76. The summed E-state index contributed by atoms with van der Waals surface area (Å²) in [6.45, 7) is 0. The number of carbonyl (C=O) groups is 1. The van der Waals surface area contributed by atoms with Gasteiger partial charge in [-0.15, -0.1) is 0 Å². The molecule has 0 unspecified atom stereocenters. The Kier molecular flexibility index (Phi) is 5.07. The Morgan fingerprint density at radius 2 is 1.84 bits per heavy atom. The number of halogens is 2. The molecule has 0 saturated heterocycles. The number of benzene rings is 2. The quantitative estimate of drug-likeness (QED) is 0.463. The van der Waals surface area contributed by atoms with Gasteiger partial charge in [0, 0.05) is 10.6 Å². The van der Waals surface area contributed by atoms with E-state index >= 15 is 0 Å². The van der Waals surface area contributed by atoms with E-state index in [0.29, 0.717) is 22.1 Å². The second-order valence-electron chi connectivity index (χ2n) is 5.08. The van der Waals surface area contributed by atoms with Gasteiger partial charge in [0.1, 0.15) is 11.5 Å². The average Bonchev–Trinajstić information content (AvgIpc) is 3.06. The minimum atomic E-state index is -1.09. The molecular formula is C18H12Cl2N2O3. The van der Waals surface area contributed by atoms with Gasteiger partial charge in [-0.05, 0) is 54.6 Å². The molecule has 126 valence electrons. The van der Waals surface area contributed by atoms with Crippen LogP contribution in [-0.4, -0.2) is 17.3 Å². The molecule has 5 nitrogen and oxygen atoms in total. The maximum Gasteiger partial charge on any atom is 0.337 e. The van der Waals surface area contributed by atoms with E-state index < -0.39 is 5.97 Å². The third-order valence-corrected chi connectivity index (χ3v) is 3.92. The fourth-order valence-electron chi connectivity index (χ4n) is 2.11. The van der Waals surface area contributed by atoms with Crippen molar-refractivity contribution in [3.63, 3.8) is 0 Å². The van der Waals surface area contributed by atoms with Crippen molar-refractivity contribution in [2.75, 3.05) is 5.43 Å². The number of hydrazone groups is 1. The number of furan rings is 1. The lowest BCUT2D eigenvalue weighted by Crippen LogP contribution is -1.97. The predicted molar refractivity (Wildman–Crippen MR) is 98.8 cm³/mol. The summed E-state index contributed by atoms with van der Waals surface area (Å²) in [5, 5.41) is 14.0. The molecule has 3 rings (SSSR count). The molecule has 0 aliphatic heterocycles. The molecule has 0 aliphatic carbocycles. The standard InChI is InChI=1S/C18H12Cl2N2O3/c19-12-2-4-13(5-3-12)22-21-10-14-6-8-17(25-14)11-1-7-16(20)15(9-11)18(23)24/h1-10,22H,(H,23,24). The van der Waals surface area contributed by atoms with E-state index in [-0.39, 0.29) is 10.6 Å². The van der Waals surface area contributed by atoms with Crippen molar-refractivity contribution < 1.29 is 14.3 Å². The molecule has 2 aromatic carbocycles. The Morgan fingerprint density at radius 3 is 2.56 bits per heavy atom. The van der Waals surface area contributed by atoms with E-state index in [0.717, 1.165) is 5.69 Å². The highest BCUT2D eigenvalue weighted by molar-refractivity contribution is 6.33. The normalized spacial score (nSPS) is 11.0. The van der Waals surface area contributed by atoms with Crippen LogP contribution in [0.1, 0.15) is 16.1 Å². The molecule has 2 N–H and O–H groups in total. The summed E-state index contributed by atoms with van der Waals surface area (Å²) in [7, 11) is 0. The molecule has 0 amide bonds. The van der Waals surface area contributed by atoms with Gasteiger partial charge in [-0.1, -0.05) is 23.2 Å². The van der Waals surface area contributed by atoms with Crippen molar-refractivity contribution in [3.05, 3.63) is 76.0 Å².